The lowest BCUT2D eigenvalue weighted by atomic mass is 9.97. The van der Waals surface area contributed by atoms with E-state index in [-0.39, 0.29) is 0 Å². The van der Waals surface area contributed by atoms with E-state index in [1.54, 1.807) is 7.11 Å². The highest BCUT2D eigenvalue weighted by Gasteiger charge is 2.17. The Morgan fingerprint density at radius 2 is 2.32 bits per heavy atom. The molecule has 1 fully saturated rings. The molecule has 1 saturated heterocycles. The van der Waals surface area contributed by atoms with Gasteiger partial charge in [0.2, 0.25) is 0 Å². The van der Waals surface area contributed by atoms with Crippen LogP contribution in [0.15, 0.2) is 24.3 Å². The van der Waals surface area contributed by atoms with Crippen molar-refractivity contribution in [2.24, 2.45) is 5.92 Å². The van der Waals surface area contributed by atoms with Gasteiger partial charge < -0.3 is 15.0 Å². The first-order valence-corrected chi connectivity index (χ1v) is 7.25. The van der Waals surface area contributed by atoms with E-state index in [0.29, 0.717) is 6.04 Å². The Balaban J connectivity index is 1.84. The van der Waals surface area contributed by atoms with E-state index in [1.165, 1.54) is 31.5 Å². The molecule has 0 spiro atoms. The van der Waals surface area contributed by atoms with E-state index < -0.39 is 0 Å². The second kappa shape index (κ2) is 6.92. The van der Waals surface area contributed by atoms with Crippen LogP contribution in [-0.2, 0) is 0 Å². The van der Waals surface area contributed by atoms with Crippen LogP contribution in [-0.4, -0.2) is 38.7 Å². The van der Waals surface area contributed by atoms with Crippen molar-refractivity contribution in [1.29, 1.82) is 0 Å². The number of nitrogens with one attached hydrogen (secondary N) is 1. The smallest absolute Gasteiger partial charge is 0.119 e. The van der Waals surface area contributed by atoms with Crippen molar-refractivity contribution < 1.29 is 4.74 Å². The van der Waals surface area contributed by atoms with Gasteiger partial charge in [-0.1, -0.05) is 12.1 Å². The average molecular weight is 262 g/mol. The van der Waals surface area contributed by atoms with Gasteiger partial charge in [-0.05, 0) is 63.5 Å². The van der Waals surface area contributed by atoms with Crippen molar-refractivity contribution >= 4 is 0 Å². The van der Waals surface area contributed by atoms with Crippen LogP contribution >= 0.6 is 0 Å². The summed E-state index contributed by atoms with van der Waals surface area (Å²) >= 11 is 0. The molecule has 1 aliphatic heterocycles. The van der Waals surface area contributed by atoms with Crippen LogP contribution in [0.1, 0.15) is 31.4 Å². The molecular weight excluding hydrogens is 236 g/mol. The van der Waals surface area contributed by atoms with Gasteiger partial charge in [0.15, 0.2) is 0 Å². The van der Waals surface area contributed by atoms with E-state index >= 15 is 0 Å². The molecule has 19 heavy (non-hydrogen) atoms. The maximum atomic E-state index is 5.28. The molecule has 1 heterocycles. The number of nitrogens with zero attached hydrogens (tertiary/aromatic N) is 1. The SMILES string of the molecule is COc1cccc([C@H](C)NCC2CCCN(C)C2)c1. The van der Waals surface area contributed by atoms with Gasteiger partial charge in [-0.3, -0.25) is 0 Å². The summed E-state index contributed by atoms with van der Waals surface area (Å²) in [6.07, 6.45) is 2.68. The molecular formula is C16H26N2O. The molecule has 0 saturated carbocycles. The van der Waals surface area contributed by atoms with Crippen LogP contribution in [0.5, 0.6) is 5.75 Å². The Morgan fingerprint density at radius 3 is 3.05 bits per heavy atom. The topological polar surface area (TPSA) is 24.5 Å². The molecule has 0 aromatic heterocycles. The minimum absolute atomic E-state index is 0.377. The predicted molar refractivity (Wildman–Crippen MR) is 79.6 cm³/mol. The zero-order chi connectivity index (χ0) is 13.7. The number of likely N-dealkylation sites (tertiary alicyclic amines) is 1. The zero-order valence-electron chi connectivity index (χ0n) is 12.4. The number of ether oxygens (including phenoxy) is 1. The summed E-state index contributed by atoms with van der Waals surface area (Å²) in [5.74, 6) is 1.72. The molecule has 2 atom stereocenters. The van der Waals surface area contributed by atoms with Gasteiger partial charge >= 0.3 is 0 Å². The first-order chi connectivity index (χ1) is 9.19. The summed E-state index contributed by atoms with van der Waals surface area (Å²) in [6.45, 7) is 5.80. The van der Waals surface area contributed by atoms with Gasteiger partial charge in [0, 0.05) is 12.6 Å². The highest BCUT2D eigenvalue weighted by Crippen LogP contribution is 2.20. The molecule has 0 radical (unpaired) electrons. The third-order valence-electron chi connectivity index (χ3n) is 4.03. The van der Waals surface area contributed by atoms with E-state index in [9.17, 15) is 0 Å². The second-order valence-corrected chi connectivity index (χ2v) is 5.68. The molecule has 1 aliphatic rings. The molecule has 0 bridgehead atoms. The molecule has 106 valence electrons. The van der Waals surface area contributed by atoms with Crippen molar-refractivity contribution in [3.8, 4) is 5.75 Å². The van der Waals surface area contributed by atoms with Crippen LogP contribution in [0.2, 0.25) is 0 Å². The van der Waals surface area contributed by atoms with Crippen LogP contribution in [0.4, 0.5) is 0 Å². The fourth-order valence-corrected chi connectivity index (χ4v) is 2.81. The standard InChI is InChI=1S/C16H26N2O/c1-13(15-7-4-8-16(10-15)19-3)17-11-14-6-5-9-18(2)12-14/h4,7-8,10,13-14,17H,5-6,9,11-12H2,1-3H3/t13-,14?/m0/s1. The lowest BCUT2D eigenvalue weighted by Gasteiger charge is -2.30. The van der Waals surface area contributed by atoms with E-state index in [0.717, 1.165) is 18.2 Å². The van der Waals surface area contributed by atoms with Crippen LogP contribution in [0.3, 0.4) is 0 Å². The summed E-state index contributed by atoms with van der Waals surface area (Å²) in [5, 5.41) is 3.66. The molecule has 0 amide bonds. The third kappa shape index (κ3) is 4.22. The van der Waals surface area contributed by atoms with Crippen molar-refractivity contribution in [3.05, 3.63) is 29.8 Å². The Hall–Kier alpha value is -1.06. The second-order valence-electron chi connectivity index (χ2n) is 5.68. The summed E-state index contributed by atoms with van der Waals surface area (Å²) in [6, 6.07) is 8.70. The lowest BCUT2D eigenvalue weighted by molar-refractivity contribution is 0.203. The van der Waals surface area contributed by atoms with Gasteiger partial charge in [0.05, 0.1) is 7.11 Å². The Bertz CT molecular complexity index is 394. The van der Waals surface area contributed by atoms with Crippen LogP contribution in [0, 0.1) is 5.92 Å². The lowest BCUT2D eigenvalue weighted by Crippen LogP contribution is -2.37. The van der Waals surface area contributed by atoms with Crippen molar-refractivity contribution in [2.75, 3.05) is 33.8 Å². The number of piperidine rings is 1. The zero-order valence-corrected chi connectivity index (χ0v) is 12.4. The van der Waals surface area contributed by atoms with Crippen LogP contribution < -0.4 is 10.1 Å². The predicted octanol–water partition coefficient (Wildman–Crippen LogP) is 2.69. The Labute approximate surface area is 116 Å². The highest BCUT2D eigenvalue weighted by atomic mass is 16.5. The first-order valence-electron chi connectivity index (χ1n) is 7.25. The Kier molecular flexibility index (Phi) is 5.23. The maximum absolute atomic E-state index is 5.28. The molecule has 1 unspecified atom stereocenters. The largest absolute Gasteiger partial charge is 0.497 e. The molecule has 3 nitrogen and oxygen atoms in total. The summed E-state index contributed by atoms with van der Waals surface area (Å²) < 4.78 is 5.28. The summed E-state index contributed by atoms with van der Waals surface area (Å²) in [7, 11) is 3.94. The van der Waals surface area contributed by atoms with Gasteiger partial charge in [0.1, 0.15) is 5.75 Å². The van der Waals surface area contributed by atoms with Crippen LogP contribution in [0.25, 0.3) is 0 Å². The Morgan fingerprint density at radius 1 is 1.47 bits per heavy atom. The molecule has 1 aromatic carbocycles. The molecule has 0 aliphatic carbocycles. The first kappa shape index (κ1) is 14.4. The minimum atomic E-state index is 0.377. The number of methoxy groups -OCH3 is 1. The molecule has 3 heteroatoms. The van der Waals surface area contributed by atoms with Gasteiger partial charge in [-0.2, -0.15) is 0 Å². The van der Waals surface area contributed by atoms with Crippen molar-refractivity contribution in [1.82, 2.24) is 10.2 Å². The van der Waals surface area contributed by atoms with Gasteiger partial charge in [-0.25, -0.2) is 0 Å². The number of rotatable bonds is 5. The average Bonchev–Trinajstić information content (AvgIpc) is 2.45. The molecule has 2 rings (SSSR count). The summed E-state index contributed by atoms with van der Waals surface area (Å²) in [4.78, 5) is 2.44. The number of hydrogen-bond donors (Lipinski definition) is 1. The van der Waals surface area contributed by atoms with Gasteiger partial charge in [0.25, 0.3) is 0 Å². The number of hydrogen-bond acceptors (Lipinski definition) is 3. The number of benzene rings is 1. The maximum Gasteiger partial charge on any atom is 0.119 e. The third-order valence-corrected chi connectivity index (χ3v) is 4.03. The van der Waals surface area contributed by atoms with Crippen molar-refractivity contribution in [2.45, 2.75) is 25.8 Å². The van der Waals surface area contributed by atoms with Crippen molar-refractivity contribution in [3.63, 3.8) is 0 Å². The quantitative estimate of drug-likeness (QED) is 0.883. The minimum Gasteiger partial charge on any atom is -0.497 e. The van der Waals surface area contributed by atoms with E-state index in [4.69, 9.17) is 4.74 Å². The molecule has 1 aromatic rings. The summed E-state index contributed by atoms with van der Waals surface area (Å²) in [5.41, 5.74) is 1.29. The normalized spacial score (nSPS) is 22.2. The van der Waals surface area contributed by atoms with E-state index in [2.05, 4.69) is 42.4 Å². The molecule has 1 N–H and O–H groups in total. The van der Waals surface area contributed by atoms with E-state index in [1.807, 2.05) is 6.07 Å². The fourth-order valence-electron chi connectivity index (χ4n) is 2.81. The highest BCUT2D eigenvalue weighted by molar-refractivity contribution is 5.30. The monoisotopic (exact) mass is 262 g/mol. The van der Waals surface area contributed by atoms with Gasteiger partial charge in [-0.15, -0.1) is 0 Å². The fraction of sp³-hybridized carbons (Fsp3) is 0.625.